The fourth-order valence-electron chi connectivity index (χ4n) is 2.58. The first-order valence-electron chi connectivity index (χ1n) is 7.77. The van der Waals surface area contributed by atoms with E-state index < -0.39 is 0 Å². The van der Waals surface area contributed by atoms with Crippen LogP contribution in [-0.2, 0) is 6.54 Å². The van der Waals surface area contributed by atoms with Gasteiger partial charge in [-0.25, -0.2) is 9.07 Å². The van der Waals surface area contributed by atoms with Gasteiger partial charge in [0.15, 0.2) is 5.82 Å². The predicted octanol–water partition coefficient (Wildman–Crippen LogP) is 4.08. The average Bonchev–Trinajstić information content (AvgIpc) is 3.32. The lowest BCUT2D eigenvalue weighted by molar-refractivity contribution is 0.613. The molecule has 0 bridgehead atoms. The summed E-state index contributed by atoms with van der Waals surface area (Å²) >= 11 is 6.04. The van der Waals surface area contributed by atoms with E-state index in [9.17, 15) is 4.39 Å². The van der Waals surface area contributed by atoms with Gasteiger partial charge in [-0.05, 0) is 59.7 Å². The largest absolute Gasteiger partial charge is 0.381 e. The Morgan fingerprint density at radius 1 is 1.17 bits per heavy atom. The van der Waals surface area contributed by atoms with Crippen molar-refractivity contribution >= 4 is 17.3 Å². The monoisotopic (exact) mass is 343 g/mol. The van der Waals surface area contributed by atoms with E-state index in [2.05, 4.69) is 20.8 Å². The number of nitrogens with zero attached hydrogens (tertiary/aromatic N) is 4. The van der Waals surface area contributed by atoms with Gasteiger partial charge in [-0.15, -0.1) is 5.10 Å². The number of rotatable bonds is 5. The van der Waals surface area contributed by atoms with E-state index in [-0.39, 0.29) is 5.82 Å². The number of tetrazole rings is 1. The number of hydrogen-bond acceptors (Lipinski definition) is 4. The Hall–Kier alpha value is -2.47. The standard InChI is InChI=1S/C17H15ClFN5/c18-15-2-1-3-16(19)14(15)10-20-12-6-4-11(5-7-12)17-21-22-23-24(17)13-8-9-13/h1-7,13,20H,8-10H2. The van der Waals surface area contributed by atoms with E-state index in [1.165, 1.54) is 6.07 Å². The van der Waals surface area contributed by atoms with Gasteiger partial charge in [-0.1, -0.05) is 17.7 Å². The molecule has 24 heavy (non-hydrogen) atoms. The quantitative estimate of drug-likeness (QED) is 0.758. The van der Waals surface area contributed by atoms with Crippen molar-refractivity contribution in [3.05, 3.63) is 58.9 Å². The van der Waals surface area contributed by atoms with Crippen LogP contribution in [0.2, 0.25) is 5.02 Å². The number of hydrogen-bond donors (Lipinski definition) is 1. The molecular formula is C17H15ClFN5. The molecule has 0 unspecified atom stereocenters. The Labute approximate surface area is 143 Å². The molecule has 0 radical (unpaired) electrons. The van der Waals surface area contributed by atoms with Gasteiger partial charge in [0, 0.05) is 28.4 Å². The summed E-state index contributed by atoms with van der Waals surface area (Å²) in [6, 6.07) is 12.9. The molecule has 4 rings (SSSR count). The number of halogens is 2. The van der Waals surface area contributed by atoms with E-state index in [1.807, 2.05) is 28.9 Å². The zero-order chi connectivity index (χ0) is 16.5. The normalized spacial score (nSPS) is 13.9. The van der Waals surface area contributed by atoms with Gasteiger partial charge in [0.25, 0.3) is 0 Å². The molecule has 5 nitrogen and oxygen atoms in total. The molecule has 0 aliphatic heterocycles. The highest BCUT2D eigenvalue weighted by Crippen LogP contribution is 2.36. The topological polar surface area (TPSA) is 55.6 Å². The highest BCUT2D eigenvalue weighted by atomic mass is 35.5. The number of benzene rings is 2. The molecule has 1 aliphatic carbocycles. The molecule has 3 aromatic rings. The van der Waals surface area contributed by atoms with Crippen LogP contribution in [0.1, 0.15) is 24.4 Å². The van der Waals surface area contributed by atoms with Crippen LogP contribution < -0.4 is 5.32 Å². The SMILES string of the molecule is Fc1cccc(Cl)c1CNc1ccc(-c2nnnn2C2CC2)cc1. The van der Waals surface area contributed by atoms with Crippen molar-refractivity contribution in [2.75, 3.05) is 5.32 Å². The fourth-order valence-corrected chi connectivity index (χ4v) is 2.81. The van der Waals surface area contributed by atoms with Crippen LogP contribution in [-0.4, -0.2) is 20.2 Å². The van der Waals surface area contributed by atoms with Gasteiger partial charge < -0.3 is 5.32 Å². The lowest BCUT2D eigenvalue weighted by Gasteiger charge is -2.10. The first-order chi connectivity index (χ1) is 11.7. The van der Waals surface area contributed by atoms with Crippen molar-refractivity contribution in [1.82, 2.24) is 20.2 Å². The summed E-state index contributed by atoms with van der Waals surface area (Å²) in [5.41, 5.74) is 2.30. The molecule has 0 atom stereocenters. The zero-order valence-electron chi connectivity index (χ0n) is 12.8. The molecule has 1 N–H and O–H groups in total. The van der Waals surface area contributed by atoms with Crippen LogP contribution in [0.15, 0.2) is 42.5 Å². The molecular weight excluding hydrogens is 329 g/mol. The van der Waals surface area contributed by atoms with Crippen molar-refractivity contribution in [1.29, 1.82) is 0 Å². The first kappa shape index (κ1) is 15.1. The van der Waals surface area contributed by atoms with Crippen molar-refractivity contribution in [2.45, 2.75) is 25.4 Å². The van der Waals surface area contributed by atoms with Gasteiger partial charge >= 0.3 is 0 Å². The number of anilines is 1. The number of nitrogens with one attached hydrogen (secondary N) is 1. The second-order valence-corrected chi connectivity index (χ2v) is 6.22. The zero-order valence-corrected chi connectivity index (χ0v) is 13.5. The third-order valence-corrected chi connectivity index (χ3v) is 4.41. The first-order valence-corrected chi connectivity index (χ1v) is 8.15. The van der Waals surface area contributed by atoms with Crippen molar-refractivity contribution in [3.63, 3.8) is 0 Å². The third-order valence-electron chi connectivity index (χ3n) is 4.06. The Balaban J connectivity index is 1.49. The molecule has 0 saturated heterocycles. The maximum atomic E-state index is 13.8. The Morgan fingerprint density at radius 2 is 1.96 bits per heavy atom. The highest BCUT2D eigenvalue weighted by molar-refractivity contribution is 6.31. The third kappa shape index (κ3) is 2.97. The predicted molar refractivity (Wildman–Crippen MR) is 90.3 cm³/mol. The summed E-state index contributed by atoms with van der Waals surface area (Å²) < 4.78 is 15.7. The second-order valence-electron chi connectivity index (χ2n) is 5.81. The van der Waals surface area contributed by atoms with Crippen LogP contribution in [0.3, 0.4) is 0 Å². The van der Waals surface area contributed by atoms with E-state index >= 15 is 0 Å². The van der Waals surface area contributed by atoms with Gasteiger partial charge in [0.2, 0.25) is 0 Å². The van der Waals surface area contributed by atoms with Gasteiger partial charge in [0.05, 0.1) is 6.04 Å². The van der Waals surface area contributed by atoms with Crippen LogP contribution in [0.4, 0.5) is 10.1 Å². The van der Waals surface area contributed by atoms with E-state index in [0.717, 1.165) is 29.9 Å². The van der Waals surface area contributed by atoms with Crippen LogP contribution in [0.5, 0.6) is 0 Å². The highest BCUT2D eigenvalue weighted by Gasteiger charge is 2.28. The summed E-state index contributed by atoms with van der Waals surface area (Å²) in [5.74, 6) is 0.469. The summed E-state index contributed by atoms with van der Waals surface area (Å²) in [5, 5.41) is 15.5. The van der Waals surface area contributed by atoms with Gasteiger partial charge in [-0.3, -0.25) is 0 Å². The molecule has 1 heterocycles. The molecule has 7 heteroatoms. The van der Waals surface area contributed by atoms with Crippen LogP contribution >= 0.6 is 11.6 Å². The minimum Gasteiger partial charge on any atom is -0.381 e. The Kier molecular flexibility index (Phi) is 3.90. The lowest BCUT2D eigenvalue weighted by Crippen LogP contribution is -2.03. The molecule has 122 valence electrons. The smallest absolute Gasteiger partial charge is 0.182 e. The minimum atomic E-state index is -0.310. The van der Waals surface area contributed by atoms with Gasteiger partial charge in [0.1, 0.15) is 5.82 Å². The maximum absolute atomic E-state index is 13.8. The Bertz CT molecular complexity index is 837. The summed E-state index contributed by atoms with van der Waals surface area (Å²) in [7, 11) is 0. The molecule has 1 aromatic heterocycles. The summed E-state index contributed by atoms with van der Waals surface area (Å²) in [6.45, 7) is 0.324. The van der Waals surface area contributed by atoms with E-state index in [0.29, 0.717) is 23.2 Å². The van der Waals surface area contributed by atoms with Crippen molar-refractivity contribution in [2.24, 2.45) is 0 Å². The summed E-state index contributed by atoms with van der Waals surface area (Å²) in [4.78, 5) is 0. The van der Waals surface area contributed by atoms with E-state index in [4.69, 9.17) is 11.6 Å². The molecule has 1 fully saturated rings. The maximum Gasteiger partial charge on any atom is 0.182 e. The molecule has 0 spiro atoms. The average molecular weight is 344 g/mol. The van der Waals surface area contributed by atoms with Crippen molar-refractivity contribution < 1.29 is 4.39 Å². The molecule has 0 amide bonds. The molecule has 1 saturated carbocycles. The van der Waals surface area contributed by atoms with Crippen molar-refractivity contribution in [3.8, 4) is 11.4 Å². The molecule has 2 aromatic carbocycles. The fraction of sp³-hybridized carbons (Fsp3) is 0.235. The van der Waals surface area contributed by atoms with E-state index in [1.54, 1.807) is 12.1 Å². The van der Waals surface area contributed by atoms with Crippen LogP contribution in [0, 0.1) is 5.82 Å². The minimum absolute atomic E-state index is 0.310. The van der Waals surface area contributed by atoms with Crippen LogP contribution in [0.25, 0.3) is 11.4 Å². The summed E-state index contributed by atoms with van der Waals surface area (Å²) in [6.07, 6.45) is 2.25. The van der Waals surface area contributed by atoms with Gasteiger partial charge in [-0.2, -0.15) is 0 Å². The number of aromatic nitrogens is 4. The lowest BCUT2D eigenvalue weighted by atomic mass is 10.1. The second kappa shape index (κ2) is 6.20. The Morgan fingerprint density at radius 3 is 2.67 bits per heavy atom. The molecule has 1 aliphatic rings.